The third-order valence-corrected chi connectivity index (χ3v) is 1.57. The molecule has 8 heavy (non-hydrogen) atoms. The van der Waals surface area contributed by atoms with Crippen molar-refractivity contribution in [2.75, 3.05) is 14.1 Å². The average molecular weight is 132 g/mol. The van der Waals surface area contributed by atoms with Crippen molar-refractivity contribution in [3.05, 3.63) is 0 Å². The lowest BCUT2D eigenvalue weighted by Gasteiger charge is -2.15. The van der Waals surface area contributed by atoms with E-state index in [9.17, 15) is 0 Å². The van der Waals surface area contributed by atoms with Gasteiger partial charge < -0.3 is 10.6 Å². The van der Waals surface area contributed by atoms with Gasteiger partial charge in [-0.05, 0) is 6.92 Å². The van der Waals surface area contributed by atoms with Crippen LogP contribution in [0.3, 0.4) is 0 Å². The maximum atomic E-state index is 5.45. The van der Waals surface area contributed by atoms with Gasteiger partial charge in [0.05, 0.1) is 11.0 Å². The number of nitrogens with two attached hydrogens (primary N) is 1. The molecule has 1 atom stereocenters. The minimum atomic E-state index is -0.000000000000000444. The van der Waals surface area contributed by atoms with E-state index in [1.807, 2.05) is 25.9 Å². The first-order valence-corrected chi connectivity index (χ1v) is 2.93. The van der Waals surface area contributed by atoms with Gasteiger partial charge in [0.15, 0.2) is 0 Å². The van der Waals surface area contributed by atoms with Crippen molar-refractivity contribution in [2.45, 2.75) is 13.0 Å². The second-order valence-electron chi connectivity index (χ2n) is 2.02. The van der Waals surface area contributed by atoms with Crippen molar-refractivity contribution in [3.8, 4) is 0 Å². The Balaban J connectivity index is 3.65. The van der Waals surface area contributed by atoms with Crippen LogP contribution in [0, 0.1) is 0 Å². The Morgan fingerprint density at radius 1 is 1.62 bits per heavy atom. The van der Waals surface area contributed by atoms with E-state index < -0.39 is 0 Å². The molecule has 0 amide bonds. The van der Waals surface area contributed by atoms with Crippen LogP contribution < -0.4 is 5.73 Å². The fourth-order valence-electron chi connectivity index (χ4n) is 0.407. The highest BCUT2D eigenvalue weighted by Gasteiger charge is 2.02. The smallest absolute Gasteiger partial charge is 0.0941 e. The molecule has 0 aromatic heterocycles. The molecule has 0 rings (SSSR count). The van der Waals surface area contributed by atoms with Gasteiger partial charge in [-0.15, -0.1) is 0 Å². The Morgan fingerprint density at radius 3 is 2.00 bits per heavy atom. The number of hydrogen-bond acceptors (Lipinski definition) is 2. The number of rotatable bonds is 1. The average Bonchev–Trinajstić information content (AvgIpc) is 1.64. The summed E-state index contributed by atoms with van der Waals surface area (Å²) in [7, 11) is 3.79. The summed E-state index contributed by atoms with van der Waals surface area (Å²) in [5.74, 6) is 0. The summed E-state index contributed by atoms with van der Waals surface area (Å²) >= 11 is 4.90. The number of nitrogens with zero attached hydrogens (tertiary/aromatic N) is 1. The summed E-state index contributed by atoms with van der Waals surface area (Å²) in [6.45, 7) is 1.88. The van der Waals surface area contributed by atoms with Crippen LogP contribution in [0.25, 0.3) is 0 Å². The highest BCUT2D eigenvalue weighted by atomic mass is 32.1. The van der Waals surface area contributed by atoms with Crippen molar-refractivity contribution >= 4 is 17.2 Å². The first kappa shape index (κ1) is 7.85. The van der Waals surface area contributed by atoms with Crippen molar-refractivity contribution in [1.82, 2.24) is 4.90 Å². The molecule has 3 heteroatoms. The van der Waals surface area contributed by atoms with E-state index in [2.05, 4.69) is 0 Å². The van der Waals surface area contributed by atoms with Crippen LogP contribution >= 0.6 is 12.2 Å². The predicted molar refractivity (Wildman–Crippen MR) is 39.9 cm³/mol. The first-order chi connectivity index (χ1) is 3.55. The molecule has 2 N–H and O–H groups in total. The van der Waals surface area contributed by atoms with Gasteiger partial charge in [-0.3, -0.25) is 0 Å². The Morgan fingerprint density at radius 2 is 2.00 bits per heavy atom. The van der Waals surface area contributed by atoms with E-state index in [4.69, 9.17) is 18.0 Å². The van der Waals surface area contributed by atoms with E-state index in [1.54, 1.807) is 0 Å². The summed E-state index contributed by atoms with van der Waals surface area (Å²) in [5.41, 5.74) is 5.45. The van der Waals surface area contributed by atoms with E-state index >= 15 is 0 Å². The molecule has 0 radical (unpaired) electrons. The molecule has 2 nitrogen and oxygen atoms in total. The molecular weight excluding hydrogens is 120 g/mol. The van der Waals surface area contributed by atoms with Crippen molar-refractivity contribution < 1.29 is 0 Å². The standard InChI is InChI=1S/C5H12N2S/c1-4(6)5(8)7(2)3/h4H,6H2,1-3H3. The summed E-state index contributed by atoms with van der Waals surface area (Å²) in [4.78, 5) is 2.64. The van der Waals surface area contributed by atoms with Gasteiger partial charge in [0.2, 0.25) is 0 Å². The summed E-state index contributed by atoms with van der Waals surface area (Å²) in [5, 5.41) is 0. The maximum Gasteiger partial charge on any atom is 0.0941 e. The topological polar surface area (TPSA) is 29.3 Å². The molecule has 0 aliphatic carbocycles. The number of hydrogen-bond donors (Lipinski definition) is 1. The molecule has 0 aromatic rings. The zero-order chi connectivity index (χ0) is 6.73. The lowest BCUT2D eigenvalue weighted by Crippen LogP contribution is -2.35. The van der Waals surface area contributed by atoms with Gasteiger partial charge in [0, 0.05) is 14.1 Å². The zero-order valence-corrected chi connectivity index (χ0v) is 6.33. The Labute approximate surface area is 55.7 Å². The molecule has 0 aliphatic heterocycles. The van der Waals surface area contributed by atoms with Crippen LogP contribution in [0.1, 0.15) is 6.92 Å². The van der Waals surface area contributed by atoms with Crippen LogP contribution in [0.5, 0.6) is 0 Å². The Bertz CT molecular complexity index is 78.4. The summed E-state index contributed by atoms with van der Waals surface area (Å²) in [6.07, 6.45) is 0. The third kappa shape index (κ3) is 2.23. The molecular formula is C5H12N2S. The van der Waals surface area contributed by atoms with Crippen LogP contribution in [0.2, 0.25) is 0 Å². The molecule has 0 heterocycles. The number of likely N-dealkylation sites (N-methyl/N-ethyl adjacent to an activating group) is 1. The van der Waals surface area contributed by atoms with Gasteiger partial charge in [-0.1, -0.05) is 12.2 Å². The molecule has 0 saturated heterocycles. The summed E-state index contributed by atoms with van der Waals surface area (Å²) in [6, 6.07) is -0.000000000000000444. The highest BCUT2D eigenvalue weighted by molar-refractivity contribution is 7.80. The molecule has 0 aliphatic rings. The van der Waals surface area contributed by atoms with E-state index in [1.165, 1.54) is 0 Å². The van der Waals surface area contributed by atoms with Gasteiger partial charge in [0.25, 0.3) is 0 Å². The van der Waals surface area contributed by atoms with Gasteiger partial charge in [-0.2, -0.15) is 0 Å². The summed E-state index contributed by atoms with van der Waals surface area (Å²) < 4.78 is 0. The van der Waals surface area contributed by atoms with Crippen LogP contribution in [0.15, 0.2) is 0 Å². The highest BCUT2D eigenvalue weighted by Crippen LogP contribution is 1.86. The monoisotopic (exact) mass is 132 g/mol. The van der Waals surface area contributed by atoms with Gasteiger partial charge >= 0.3 is 0 Å². The van der Waals surface area contributed by atoms with Crippen LogP contribution in [-0.2, 0) is 0 Å². The largest absolute Gasteiger partial charge is 0.371 e. The second kappa shape index (κ2) is 2.99. The van der Waals surface area contributed by atoms with E-state index in [0.717, 1.165) is 4.99 Å². The molecule has 0 bridgehead atoms. The predicted octanol–water partition coefficient (Wildman–Crippen LogP) is 0.223. The zero-order valence-electron chi connectivity index (χ0n) is 5.51. The first-order valence-electron chi connectivity index (χ1n) is 2.52. The lowest BCUT2D eigenvalue weighted by atomic mass is 10.3. The lowest BCUT2D eigenvalue weighted by molar-refractivity contribution is 0.607. The fraction of sp³-hybridized carbons (Fsp3) is 0.800. The van der Waals surface area contributed by atoms with Crippen molar-refractivity contribution in [3.63, 3.8) is 0 Å². The van der Waals surface area contributed by atoms with Gasteiger partial charge in [0.1, 0.15) is 0 Å². The second-order valence-corrected chi connectivity index (χ2v) is 2.44. The van der Waals surface area contributed by atoms with E-state index in [-0.39, 0.29) is 6.04 Å². The quantitative estimate of drug-likeness (QED) is 0.518. The van der Waals surface area contributed by atoms with Gasteiger partial charge in [-0.25, -0.2) is 0 Å². The molecule has 0 aromatic carbocycles. The Kier molecular flexibility index (Phi) is 2.94. The number of thiocarbonyl (C=S) groups is 1. The Hall–Kier alpha value is -0.150. The van der Waals surface area contributed by atoms with Crippen molar-refractivity contribution in [2.24, 2.45) is 5.73 Å². The minimum absolute atomic E-state index is 0.000000000000000444. The molecule has 0 spiro atoms. The van der Waals surface area contributed by atoms with Crippen molar-refractivity contribution in [1.29, 1.82) is 0 Å². The molecule has 48 valence electrons. The minimum Gasteiger partial charge on any atom is -0.371 e. The fourth-order valence-corrected chi connectivity index (χ4v) is 0.407. The van der Waals surface area contributed by atoms with Crippen LogP contribution in [-0.4, -0.2) is 30.0 Å². The third-order valence-electron chi connectivity index (χ3n) is 0.830. The maximum absolute atomic E-state index is 5.45. The van der Waals surface area contributed by atoms with Crippen LogP contribution in [0.4, 0.5) is 0 Å². The molecule has 1 unspecified atom stereocenters. The molecule has 0 fully saturated rings. The SMILES string of the molecule is CC(N)C(=S)N(C)C. The normalized spacial score (nSPS) is 13.0. The molecule has 0 saturated carbocycles. The van der Waals surface area contributed by atoms with E-state index in [0.29, 0.717) is 0 Å².